The van der Waals surface area contributed by atoms with E-state index < -0.39 is 45.1 Å². The lowest BCUT2D eigenvalue weighted by atomic mass is 9.86. The molecule has 1 aliphatic carbocycles. The van der Waals surface area contributed by atoms with E-state index in [0.717, 1.165) is 43.9 Å². The van der Waals surface area contributed by atoms with Crippen molar-refractivity contribution in [1.82, 2.24) is 10.0 Å². The highest BCUT2D eigenvalue weighted by Crippen LogP contribution is 2.30. The Kier molecular flexibility index (Phi) is 8.25. The molecule has 2 atom stereocenters. The zero-order valence-electron chi connectivity index (χ0n) is 16.5. The first-order valence-electron chi connectivity index (χ1n) is 9.61. The number of hydrogen-bond acceptors (Lipinski definition) is 5. The minimum atomic E-state index is -4.68. The standard InChI is InChI=1S/C19H25F3N2O5S/c1-13-5-2-3-8-16(13)24-17(25)12-29-18(26)9-10-23-30(27,28)15-7-4-6-14(11-15)19(20,21)22/h4,6-7,11,13,16,23H,2-3,5,8-10,12H2,1H3,(H,24,25). The number of benzene rings is 1. The van der Waals surface area contributed by atoms with Gasteiger partial charge in [-0.1, -0.05) is 25.8 Å². The Morgan fingerprint density at radius 1 is 1.20 bits per heavy atom. The molecule has 1 saturated carbocycles. The summed E-state index contributed by atoms with van der Waals surface area (Å²) in [5, 5.41) is 2.82. The highest BCUT2D eigenvalue weighted by atomic mass is 32.2. The highest BCUT2D eigenvalue weighted by molar-refractivity contribution is 7.89. The summed E-state index contributed by atoms with van der Waals surface area (Å²) in [5.41, 5.74) is -1.09. The summed E-state index contributed by atoms with van der Waals surface area (Å²) in [6.45, 7) is 1.20. The average Bonchev–Trinajstić information content (AvgIpc) is 2.67. The van der Waals surface area contributed by atoms with Crippen LogP contribution in [0.4, 0.5) is 13.2 Å². The minimum absolute atomic E-state index is 0.0456. The van der Waals surface area contributed by atoms with Crippen molar-refractivity contribution < 1.29 is 35.9 Å². The van der Waals surface area contributed by atoms with Crippen LogP contribution in [0.2, 0.25) is 0 Å². The fraction of sp³-hybridized carbons (Fsp3) is 0.579. The zero-order chi connectivity index (χ0) is 22.4. The van der Waals surface area contributed by atoms with Crippen molar-refractivity contribution in [3.05, 3.63) is 29.8 Å². The molecule has 0 bridgehead atoms. The summed E-state index contributed by atoms with van der Waals surface area (Å²) in [7, 11) is -4.23. The van der Waals surface area contributed by atoms with Crippen LogP contribution >= 0.6 is 0 Å². The first kappa shape index (κ1) is 24.1. The van der Waals surface area contributed by atoms with Crippen molar-refractivity contribution in [2.45, 2.75) is 56.1 Å². The number of sulfonamides is 1. The van der Waals surface area contributed by atoms with Gasteiger partial charge in [0.15, 0.2) is 6.61 Å². The lowest BCUT2D eigenvalue weighted by Gasteiger charge is -2.29. The number of halogens is 3. The molecule has 1 aliphatic rings. The molecule has 7 nitrogen and oxygen atoms in total. The number of alkyl halides is 3. The van der Waals surface area contributed by atoms with Crippen LogP contribution in [0.25, 0.3) is 0 Å². The highest BCUT2D eigenvalue weighted by Gasteiger charge is 2.31. The maximum Gasteiger partial charge on any atom is 0.416 e. The molecule has 1 fully saturated rings. The van der Waals surface area contributed by atoms with Crippen LogP contribution in [0.15, 0.2) is 29.2 Å². The quantitative estimate of drug-likeness (QED) is 0.593. The molecule has 11 heteroatoms. The number of hydrogen-bond donors (Lipinski definition) is 2. The molecule has 0 aliphatic heterocycles. The van der Waals surface area contributed by atoms with E-state index >= 15 is 0 Å². The van der Waals surface area contributed by atoms with Crippen LogP contribution in [0.3, 0.4) is 0 Å². The normalized spacial score (nSPS) is 19.9. The Balaban J connectivity index is 1.76. The molecular formula is C19H25F3N2O5S. The summed E-state index contributed by atoms with van der Waals surface area (Å²) in [6.07, 6.45) is -0.994. The van der Waals surface area contributed by atoms with Gasteiger partial charge in [0.25, 0.3) is 5.91 Å². The van der Waals surface area contributed by atoms with Gasteiger partial charge in [0.2, 0.25) is 10.0 Å². The van der Waals surface area contributed by atoms with E-state index in [9.17, 15) is 31.2 Å². The second-order valence-corrected chi connectivity index (χ2v) is 9.04. The predicted molar refractivity (Wildman–Crippen MR) is 102 cm³/mol. The van der Waals surface area contributed by atoms with E-state index in [1.165, 1.54) is 0 Å². The van der Waals surface area contributed by atoms with E-state index in [4.69, 9.17) is 4.74 Å². The van der Waals surface area contributed by atoms with Gasteiger partial charge in [-0.05, 0) is 37.0 Å². The van der Waals surface area contributed by atoms with E-state index in [-0.39, 0.29) is 19.0 Å². The topological polar surface area (TPSA) is 102 Å². The summed E-state index contributed by atoms with van der Waals surface area (Å²) in [6, 6.07) is 3.32. The molecule has 0 radical (unpaired) electrons. The lowest BCUT2D eigenvalue weighted by Crippen LogP contribution is -2.43. The van der Waals surface area contributed by atoms with Crippen molar-refractivity contribution in [2.75, 3.05) is 13.2 Å². The van der Waals surface area contributed by atoms with Crippen LogP contribution in [0.1, 0.15) is 44.6 Å². The SMILES string of the molecule is CC1CCCCC1NC(=O)COC(=O)CCNS(=O)(=O)c1cccc(C(F)(F)F)c1. The van der Waals surface area contributed by atoms with Gasteiger partial charge in [0.1, 0.15) is 0 Å². The number of nitrogens with one attached hydrogen (secondary N) is 2. The van der Waals surface area contributed by atoms with Gasteiger partial charge in [-0.2, -0.15) is 13.2 Å². The number of carbonyl (C=O) groups is 2. The van der Waals surface area contributed by atoms with Gasteiger partial charge in [-0.15, -0.1) is 0 Å². The monoisotopic (exact) mass is 450 g/mol. The number of ether oxygens (including phenoxy) is 1. The maximum absolute atomic E-state index is 12.7. The van der Waals surface area contributed by atoms with Crippen molar-refractivity contribution in [2.24, 2.45) is 5.92 Å². The van der Waals surface area contributed by atoms with Crippen molar-refractivity contribution >= 4 is 21.9 Å². The molecule has 1 aromatic rings. The largest absolute Gasteiger partial charge is 0.456 e. The van der Waals surface area contributed by atoms with Crippen molar-refractivity contribution in [3.63, 3.8) is 0 Å². The zero-order valence-corrected chi connectivity index (χ0v) is 17.3. The molecule has 2 unspecified atom stereocenters. The Bertz CT molecular complexity index is 858. The number of esters is 1. The van der Waals surface area contributed by atoms with Crippen LogP contribution in [-0.4, -0.2) is 39.5 Å². The summed E-state index contributed by atoms with van der Waals surface area (Å²) < 4.78 is 69.3. The smallest absolute Gasteiger partial charge is 0.416 e. The third-order valence-electron chi connectivity index (χ3n) is 4.91. The third-order valence-corrected chi connectivity index (χ3v) is 6.37. The molecule has 0 heterocycles. The van der Waals surface area contributed by atoms with Crippen LogP contribution in [0, 0.1) is 5.92 Å². The third kappa shape index (κ3) is 7.28. The van der Waals surface area contributed by atoms with Gasteiger partial charge in [-0.3, -0.25) is 9.59 Å². The molecule has 0 saturated heterocycles. The predicted octanol–water partition coefficient (Wildman–Crippen LogP) is 2.61. The molecule has 1 amide bonds. The first-order valence-corrected chi connectivity index (χ1v) is 11.1. The lowest BCUT2D eigenvalue weighted by molar-refractivity contribution is -0.148. The Morgan fingerprint density at radius 3 is 2.57 bits per heavy atom. The molecule has 2 N–H and O–H groups in total. The van der Waals surface area contributed by atoms with E-state index in [1.807, 2.05) is 11.6 Å². The van der Waals surface area contributed by atoms with Crippen LogP contribution < -0.4 is 10.0 Å². The molecule has 30 heavy (non-hydrogen) atoms. The summed E-state index contributed by atoms with van der Waals surface area (Å²) in [5.74, 6) is -0.871. The fourth-order valence-electron chi connectivity index (χ4n) is 3.21. The molecule has 0 aromatic heterocycles. The van der Waals surface area contributed by atoms with E-state index in [2.05, 4.69) is 5.32 Å². The summed E-state index contributed by atoms with van der Waals surface area (Å²) in [4.78, 5) is 23.1. The average molecular weight is 450 g/mol. The van der Waals surface area contributed by atoms with E-state index in [0.29, 0.717) is 12.0 Å². The van der Waals surface area contributed by atoms with Gasteiger partial charge >= 0.3 is 12.1 Å². The maximum atomic E-state index is 12.7. The molecule has 0 spiro atoms. The van der Waals surface area contributed by atoms with Crippen molar-refractivity contribution in [3.8, 4) is 0 Å². The van der Waals surface area contributed by atoms with Gasteiger partial charge in [0, 0.05) is 12.6 Å². The molecular weight excluding hydrogens is 425 g/mol. The second kappa shape index (κ2) is 10.3. The van der Waals surface area contributed by atoms with Gasteiger partial charge in [0.05, 0.1) is 16.9 Å². The summed E-state index contributed by atoms with van der Waals surface area (Å²) >= 11 is 0. The minimum Gasteiger partial charge on any atom is -0.456 e. The Morgan fingerprint density at radius 2 is 1.90 bits per heavy atom. The molecule has 1 aromatic carbocycles. The Labute approximate surface area is 173 Å². The van der Waals surface area contributed by atoms with Crippen LogP contribution in [0.5, 0.6) is 0 Å². The Hall–Kier alpha value is -2.14. The fourth-order valence-corrected chi connectivity index (χ4v) is 4.29. The van der Waals surface area contributed by atoms with Crippen molar-refractivity contribution in [1.29, 1.82) is 0 Å². The number of amides is 1. The number of carbonyl (C=O) groups excluding carboxylic acids is 2. The molecule has 168 valence electrons. The first-order chi connectivity index (χ1) is 14.0. The van der Waals surface area contributed by atoms with Gasteiger partial charge in [-0.25, -0.2) is 13.1 Å². The van der Waals surface area contributed by atoms with E-state index in [1.54, 1.807) is 0 Å². The second-order valence-electron chi connectivity index (χ2n) is 7.27. The van der Waals surface area contributed by atoms with Gasteiger partial charge < -0.3 is 10.1 Å². The molecule has 2 rings (SSSR count). The van der Waals surface area contributed by atoms with Crippen LogP contribution in [-0.2, 0) is 30.5 Å². The number of rotatable bonds is 8.